The lowest BCUT2D eigenvalue weighted by atomic mass is 10.1. The first-order valence-electron chi connectivity index (χ1n) is 3.98. The van der Waals surface area contributed by atoms with E-state index in [9.17, 15) is 8.78 Å². The van der Waals surface area contributed by atoms with E-state index >= 15 is 0 Å². The van der Waals surface area contributed by atoms with Gasteiger partial charge in [-0.2, -0.15) is 5.26 Å². The number of methoxy groups -OCH3 is 1. The Morgan fingerprint density at radius 2 is 2.33 bits per heavy atom. The van der Waals surface area contributed by atoms with Gasteiger partial charge < -0.3 is 4.74 Å². The van der Waals surface area contributed by atoms with Crippen LogP contribution in [0.2, 0.25) is 0 Å². The van der Waals surface area contributed by atoms with Crippen molar-refractivity contribution < 1.29 is 13.5 Å². The molecule has 15 heavy (non-hydrogen) atoms. The zero-order valence-corrected chi connectivity index (χ0v) is 9.96. The molecule has 0 aliphatic carbocycles. The summed E-state index contributed by atoms with van der Waals surface area (Å²) in [6.07, 6.45) is -1.57. The molecule has 0 atom stereocenters. The van der Waals surface area contributed by atoms with Crippen LogP contribution in [0.4, 0.5) is 8.78 Å². The van der Waals surface area contributed by atoms with Gasteiger partial charge in [-0.3, -0.25) is 0 Å². The molecule has 6 heteroatoms. The van der Waals surface area contributed by atoms with Crippen molar-refractivity contribution in [3.8, 4) is 11.8 Å². The van der Waals surface area contributed by atoms with Gasteiger partial charge in [0.2, 0.25) is 0 Å². The third kappa shape index (κ3) is 2.53. The average Bonchev–Trinajstić information content (AvgIpc) is 2.20. The highest BCUT2D eigenvalue weighted by Crippen LogP contribution is 2.33. The highest BCUT2D eigenvalue weighted by Gasteiger charge is 2.20. The number of nitriles is 1. The molecule has 0 saturated carbocycles. The molecular weight excluding hydrogens is 317 g/mol. The van der Waals surface area contributed by atoms with Gasteiger partial charge in [-0.15, -0.1) is 0 Å². The number of aromatic nitrogens is 1. The van der Waals surface area contributed by atoms with Gasteiger partial charge in [-0.05, 0) is 22.6 Å². The number of hydrogen-bond acceptors (Lipinski definition) is 3. The topological polar surface area (TPSA) is 45.9 Å². The Bertz CT molecular complexity index is 404. The largest absolute Gasteiger partial charge is 0.496 e. The molecule has 0 saturated heterocycles. The van der Waals surface area contributed by atoms with E-state index in [0.717, 1.165) is 6.20 Å². The second-order valence-corrected chi connectivity index (χ2v) is 3.67. The zero-order valence-electron chi connectivity index (χ0n) is 7.80. The number of ether oxygens (including phenoxy) is 1. The summed E-state index contributed by atoms with van der Waals surface area (Å²) < 4.78 is 30.5. The molecule has 0 aromatic carbocycles. The Hall–Kier alpha value is -0.970. The second-order valence-electron chi connectivity index (χ2n) is 2.65. The van der Waals surface area contributed by atoms with Crippen LogP contribution in [0.15, 0.2) is 6.20 Å². The monoisotopic (exact) mass is 324 g/mol. The molecule has 0 spiro atoms. The van der Waals surface area contributed by atoms with Crippen LogP contribution in [0.3, 0.4) is 0 Å². The molecule has 1 aromatic heterocycles. The number of hydrogen-bond donors (Lipinski definition) is 0. The van der Waals surface area contributed by atoms with Crippen molar-refractivity contribution >= 4 is 22.6 Å². The van der Waals surface area contributed by atoms with E-state index in [4.69, 9.17) is 10.00 Å². The summed E-state index contributed by atoms with van der Waals surface area (Å²) in [6.45, 7) is 0. The van der Waals surface area contributed by atoms with Crippen molar-refractivity contribution in [3.63, 3.8) is 0 Å². The van der Waals surface area contributed by atoms with Gasteiger partial charge in [0.05, 0.1) is 25.2 Å². The van der Waals surface area contributed by atoms with E-state index < -0.39 is 6.43 Å². The van der Waals surface area contributed by atoms with Crippen LogP contribution in [-0.2, 0) is 6.42 Å². The summed E-state index contributed by atoms with van der Waals surface area (Å²) in [5.41, 5.74) is 0.140. The van der Waals surface area contributed by atoms with Crippen molar-refractivity contribution in [2.75, 3.05) is 7.11 Å². The number of halogens is 3. The number of rotatable bonds is 3. The lowest BCUT2D eigenvalue weighted by molar-refractivity contribution is 0.146. The molecule has 0 aliphatic heterocycles. The van der Waals surface area contributed by atoms with Crippen LogP contribution in [0.5, 0.6) is 5.75 Å². The molecule has 0 fully saturated rings. The van der Waals surface area contributed by atoms with E-state index in [2.05, 4.69) is 4.98 Å². The fraction of sp³-hybridized carbons (Fsp3) is 0.333. The van der Waals surface area contributed by atoms with Crippen LogP contribution in [0.25, 0.3) is 0 Å². The number of pyridine rings is 1. The maximum atomic E-state index is 12.6. The molecule has 0 N–H and O–H groups in total. The molecule has 0 bridgehead atoms. The van der Waals surface area contributed by atoms with Gasteiger partial charge >= 0.3 is 0 Å². The molecule has 0 amide bonds. The van der Waals surface area contributed by atoms with Crippen molar-refractivity contribution in [2.24, 2.45) is 0 Å². The molecule has 3 nitrogen and oxygen atoms in total. The Kier molecular flexibility index (Phi) is 4.20. The van der Waals surface area contributed by atoms with E-state index in [1.807, 2.05) is 28.7 Å². The standard InChI is InChI=1S/C9H7F2IN2O/c1-15-7-5(2-3-13)9(12)14-4-6(7)8(10)11/h4,8H,2H2,1H3. The van der Waals surface area contributed by atoms with E-state index in [1.165, 1.54) is 7.11 Å². The molecule has 0 radical (unpaired) electrons. The molecule has 1 aromatic rings. The summed E-state index contributed by atoms with van der Waals surface area (Å²) in [7, 11) is 1.30. The van der Waals surface area contributed by atoms with Gasteiger partial charge in [0.25, 0.3) is 6.43 Å². The first-order chi connectivity index (χ1) is 7.11. The predicted molar refractivity (Wildman–Crippen MR) is 57.8 cm³/mol. The van der Waals surface area contributed by atoms with Gasteiger partial charge in [0, 0.05) is 11.8 Å². The fourth-order valence-corrected chi connectivity index (χ4v) is 1.73. The minimum absolute atomic E-state index is 0.00894. The summed E-state index contributed by atoms with van der Waals surface area (Å²) >= 11 is 1.89. The maximum Gasteiger partial charge on any atom is 0.268 e. The second kappa shape index (κ2) is 5.21. The minimum atomic E-state index is -2.65. The Morgan fingerprint density at radius 3 is 2.80 bits per heavy atom. The number of nitrogens with zero attached hydrogens (tertiary/aromatic N) is 2. The average molecular weight is 324 g/mol. The normalized spacial score (nSPS) is 10.1. The molecule has 1 heterocycles. The van der Waals surface area contributed by atoms with E-state index in [1.54, 1.807) is 0 Å². The van der Waals surface area contributed by atoms with Crippen LogP contribution >= 0.6 is 22.6 Å². The van der Waals surface area contributed by atoms with Crippen LogP contribution in [0, 0.1) is 15.0 Å². The van der Waals surface area contributed by atoms with Crippen molar-refractivity contribution in [1.82, 2.24) is 4.98 Å². The van der Waals surface area contributed by atoms with Crippen LogP contribution in [0.1, 0.15) is 17.6 Å². The molecule has 0 aliphatic rings. The Labute approximate surface area is 99.2 Å². The van der Waals surface area contributed by atoms with Gasteiger partial charge in [0.15, 0.2) is 0 Å². The molecule has 0 unspecified atom stereocenters. The zero-order chi connectivity index (χ0) is 11.4. The van der Waals surface area contributed by atoms with Crippen LogP contribution in [-0.4, -0.2) is 12.1 Å². The maximum absolute atomic E-state index is 12.6. The fourth-order valence-electron chi connectivity index (χ4n) is 1.16. The Balaban J connectivity index is 3.34. The van der Waals surface area contributed by atoms with Gasteiger partial charge in [-0.25, -0.2) is 13.8 Å². The highest BCUT2D eigenvalue weighted by atomic mass is 127. The SMILES string of the molecule is COc1c(C(F)F)cnc(I)c1CC#N. The number of alkyl halides is 2. The lowest BCUT2D eigenvalue weighted by Gasteiger charge is -2.11. The van der Waals surface area contributed by atoms with E-state index in [-0.39, 0.29) is 17.7 Å². The smallest absolute Gasteiger partial charge is 0.268 e. The lowest BCUT2D eigenvalue weighted by Crippen LogP contribution is -2.02. The molecular formula is C9H7F2IN2O. The highest BCUT2D eigenvalue weighted by molar-refractivity contribution is 14.1. The van der Waals surface area contributed by atoms with Crippen molar-refractivity contribution in [1.29, 1.82) is 5.26 Å². The Morgan fingerprint density at radius 1 is 1.67 bits per heavy atom. The predicted octanol–water partition coefficient (Wildman–Crippen LogP) is 2.70. The summed E-state index contributed by atoms with van der Waals surface area (Å²) in [6, 6.07) is 1.90. The third-order valence-electron chi connectivity index (χ3n) is 1.80. The first kappa shape index (κ1) is 12.1. The van der Waals surface area contributed by atoms with Crippen molar-refractivity contribution in [2.45, 2.75) is 12.8 Å². The minimum Gasteiger partial charge on any atom is -0.496 e. The van der Waals surface area contributed by atoms with Gasteiger partial charge in [0.1, 0.15) is 9.45 Å². The van der Waals surface area contributed by atoms with Crippen molar-refractivity contribution in [3.05, 3.63) is 21.0 Å². The van der Waals surface area contributed by atoms with Gasteiger partial charge in [-0.1, -0.05) is 0 Å². The van der Waals surface area contributed by atoms with Crippen LogP contribution < -0.4 is 4.74 Å². The first-order valence-corrected chi connectivity index (χ1v) is 5.06. The summed E-state index contributed by atoms with van der Waals surface area (Å²) in [5, 5.41) is 8.57. The summed E-state index contributed by atoms with van der Waals surface area (Å²) in [4.78, 5) is 3.80. The quantitative estimate of drug-likeness (QED) is 0.634. The summed E-state index contributed by atoms with van der Waals surface area (Å²) in [5.74, 6) is 0.0611. The molecule has 80 valence electrons. The van der Waals surface area contributed by atoms with E-state index in [0.29, 0.717) is 9.26 Å². The molecule has 1 rings (SSSR count). The third-order valence-corrected chi connectivity index (χ3v) is 2.73.